The minimum atomic E-state index is 0.217. The average molecular weight is 171 g/mol. The topological polar surface area (TPSA) is 29.1 Å². The van der Waals surface area contributed by atoms with Gasteiger partial charge in [-0.25, -0.2) is 0 Å². The van der Waals surface area contributed by atoms with Crippen LogP contribution in [0.15, 0.2) is 0 Å². The van der Waals surface area contributed by atoms with Crippen molar-refractivity contribution in [2.24, 2.45) is 5.92 Å². The largest absolute Gasteiger partial charge is 0.320 e. The first kappa shape index (κ1) is 11.6. The summed E-state index contributed by atoms with van der Waals surface area (Å²) in [6.45, 7) is 5.00. The zero-order valence-corrected chi connectivity index (χ0v) is 8.52. The van der Waals surface area contributed by atoms with Crippen LogP contribution in [0.1, 0.15) is 39.5 Å². The Morgan fingerprint density at radius 3 is 2.42 bits per heavy atom. The van der Waals surface area contributed by atoms with Crippen molar-refractivity contribution in [3.8, 4) is 0 Å². The SMILES string of the molecule is CNCCCCCC(=O)C(C)C. The van der Waals surface area contributed by atoms with Gasteiger partial charge in [0.2, 0.25) is 0 Å². The van der Waals surface area contributed by atoms with E-state index >= 15 is 0 Å². The first-order valence-corrected chi connectivity index (χ1v) is 4.85. The van der Waals surface area contributed by atoms with Gasteiger partial charge in [0.1, 0.15) is 5.78 Å². The molecule has 0 atom stereocenters. The highest BCUT2D eigenvalue weighted by atomic mass is 16.1. The maximum absolute atomic E-state index is 11.2. The summed E-state index contributed by atoms with van der Waals surface area (Å²) in [6, 6.07) is 0. The van der Waals surface area contributed by atoms with Crippen molar-refractivity contribution in [2.75, 3.05) is 13.6 Å². The van der Waals surface area contributed by atoms with E-state index < -0.39 is 0 Å². The van der Waals surface area contributed by atoms with Gasteiger partial charge in [-0.3, -0.25) is 4.79 Å². The summed E-state index contributed by atoms with van der Waals surface area (Å²) in [4.78, 5) is 11.2. The van der Waals surface area contributed by atoms with Gasteiger partial charge < -0.3 is 5.32 Å². The summed E-state index contributed by atoms with van der Waals surface area (Å²) < 4.78 is 0. The maximum atomic E-state index is 11.2. The molecule has 0 bridgehead atoms. The Labute approximate surface area is 75.7 Å². The van der Waals surface area contributed by atoms with Crippen LogP contribution in [-0.4, -0.2) is 19.4 Å². The van der Waals surface area contributed by atoms with E-state index in [4.69, 9.17) is 0 Å². The molecule has 0 aromatic rings. The fourth-order valence-electron chi connectivity index (χ4n) is 1.07. The molecule has 0 unspecified atom stereocenters. The first-order valence-electron chi connectivity index (χ1n) is 4.85. The van der Waals surface area contributed by atoms with E-state index in [1.165, 1.54) is 12.8 Å². The Hall–Kier alpha value is -0.370. The van der Waals surface area contributed by atoms with Crippen LogP contribution in [0, 0.1) is 5.92 Å². The maximum Gasteiger partial charge on any atom is 0.135 e. The molecule has 72 valence electrons. The van der Waals surface area contributed by atoms with Crippen molar-refractivity contribution in [1.82, 2.24) is 5.32 Å². The minimum Gasteiger partial charge on any atom is -0.320 e. The Morgan fingerprint density at radius 1 is 1.25 bits per heavy atom. The van der Waals surface area contributed by atoms with Crippen LogP contribution in [0.4, 0.5) is 0 Å². The van der Waals surface area contributed by atoms with Gasteiger partial charge in [-0.2, -0.15) is 0 Å². The Kier molecular flexibility index (Phi) is 7.06. The molecule has 0 saturated carbocycles. The number of hydrogen-bond donors (Lipinski definition) is 1. The molecule has 0 aliphatic carbocycles. The smallest absolute Gasteiger partial charge is 0.135 e. The van der Waals surface area contributed by atoms with Crippen LogP contribution in [0.5, 0.6) is 0 Å². The van der Waals surface area contributed by atoms with Crippen LogP contribution in [0.25, 0.3) is 0 Å². The van der Waals surface area contributed by atoms with Crippen LogP contribution in [0.2, 0.25) is 0 Å². The molecular weight excluding hydrogens is 150 g/mol. The molecule has 2 nitrogen and oxygen atoms in total. The number of carbonyl (C=O) groups excluding carboxylic acids is 1. The number of nitrogens with one attached hydrogen (secondary N) is 1. The van der Waals surface area contributed by atoms with E-state index in [-0.39, 0.29) is 5.92 Å². The van der Waals surface area contributed by atoms with Crippen LogP contribution >= 0.6 is 0 Å². The second-order valence-electron chi connectivity index (χ2n) is 3.54. The monoisotopic (exact) mass is 171 g/mol. The second kappa shape index (κ2) is 7.29. The average Bonchev–Trinajstić information content (AvgIpc) is 2.03. The third-order valence-corrected chi connectivity index (χ3v) is 1.99. The summed E-state index contributed by atoms with van der Waals surface area (Å²) in [5.74, 6) is 0.619. The van der Waals surface area contributed by atoms with Gasteiger partial charge in [-0.1, -0.05) is 20.3 Å². The Bertz CT molecular complexity index is 121. The standard InChI is InChI=1S/C10H21NO/c1-9(2)10(12)7-5-4-6-8-11-3/h9,11H,4-8H2,1-3H3. The molecule has 0 spiro atoms. The molecule has 0 heterocycles. The third-order valence-electron chi connectivity index (χ3n) is 1.99. The van der Waals surface area contributed by atoms with Crippen molar-refractivity contribution in [1.29, 1.82) is 0 Å². The third kappa shape index (κ3) is 6.35. The number of Topliss-reactive ketones (excluding diaryl/α,β-unsaturated/α-hetero) is 1. The van der Waals surface area contributed by atoms with Gasteiger partial charge in [-0.05, 0) is 26.4 Å². The molecule has 1 N–H and O–H groups in total. The van der Waals surface area contributed by atoms with Crippen LogP contribution in [-0.2, 0) is 4.79 Å². The van der Waals surface area contributed by atoms with E-state index in [0.717, 1.165) is 19.4 Å². The lowest BCUT2D eigenvalue weighted by Crippen LogP contribution is -2.09. The van der Waals surface area contributed by atoms with Crippen molar-refractivity contribution in [3.05, 3.63) is 0 Å². The number of unbranched alkanes of at least 4 members (excludes halogenated alkanes) is 2. The normalized spacial score (nSPS) is 10.7. The van der Waals surface area contributed by atoms with E-state index in [0.29, 0.717) is 5.78 Å². The molecular formula is C10H21NO. The lowest BCUT2D eigenvalue weighted by molar-refractivity contribution is -0.122. The predicted octanol–water partition coefficient (Wildman–Crippen LogP) is 1.99. The molecule has 0 amide bonds. The summed E-state index contributed by atoms with van der Waals surface area (Å²) in [7, 11) is 1.96. The molecule has 12 heavy (non-hydrogen) atoms. The molecule has 2 heteroatoms. The minimum absolute atomic E-state index is 0.217. The predicted molar refractivity (Wildman–Crippen MR) is 52.2 cm³/mol. The summed E-state index contributed by atoms with van der Waals surface area (Å²) in [5, 5.41) is 3.09. The highest BCUT2D eigenvalue weighted by Gasteiger charge is 2.05. The van der Waals surface area contributed by atoms with Gasteiger partial charge in [0.25, 0.3) is 0 Å². The van der Waals surface area contributed by atoms with Crippen LogP contribution < -0.4 is 5.32 Å². The zero-order chi connectivity index (χ0) is 9.40. The Morgan fingerprint density at radius 2 is 1.92 bits per heavy atom. The molecule has 0 aromatic heterocycles. The van der Waals surface area contributed by atoms with E-state index in [9.17, 15) is 4.79 Å². The Balaban J connectivity index is 3.14. The van der Waals surface area contributed by atoms with Gasteiger partial charge in [0.15, 0.2) is 0 Å². The fraction of sp³-hybridized carbons (Fsp3) is 0.900. The molecule has 0 aromatic carbocycles. The number of ketones is 1. The quantitative estimate of drug-likeness (QED) is 0.593. The summed E-state index contributed by atoms with van der Waals surface area (Å²) in [6.07, 6.45) is 4.17. The number of carbonyl (C=O) groups is 1. The lowest BCUT2D eigenvalue weighted by atomic mass is 10.0. The van der Waals surface area contributed by atoms with Crippen LogP contribution in [0.3, 0.4) is 0 Å². The van der Waals surface area contributed by atoms with Gasteiger partial charge in [0.05, 0.1) is 0 Å². The molecule has 0 aliphatic rings. The highest BCUT2D eigenvalue weighted by molar-refractivity contribution is 5.80. The number of hydrogen-bond acceptors (Lipinski definition) is 2. The van der Waals surface area contributed by atoms with Crippen molar-refractivity contribution >= 4 is 5.78 Å². The highest BCUT2D eigenvalue weighted by Crippen LogP contribution is 2.05. The molecule has 0 radical (unpaired) electrons. The summed E-state index contributed by atoms with van der Waals surface area (Å²) in [5.41, 5.74) is 0. The van der Waals surface area contributed by atoms with E-state index in [1.807, 2.05) is 20.9 Å². The second-order valence-corrected chi connectivity index (χ2v) is 3.54. The zero-order valence-electron chi connectivity index (χ0n) is 8.52. The summed E-state index contributed by atoms with van der Waals surface area (Å²) >= 11 is 0. The fourth-order valence-corrected chi connectivity index (χ4v) is 1.07. The molecule has 0 fully saturated rings. The van der Waals surface area contributed by atoms with Gasteiger partial charge in [0, 0.05) is 12.3 Å². The van der Waals surface area contributed by atoms with Crippen molar-refractivity contribution < 1.29 is 4.79 Å². The molecule has 0 saturated heterocycles. The first-order chi connectivity index (χ1) is 5.68. The molecule has 0 rings (SSSR count). The number of rotatable bonds is 7. The lowest BCUT2D eigenvalue weighted by Gasteiger charge is -2.03. The molecule has 0 aliphatic heterocycles. The van der Waals surface area contributed by atoms with Crippen molar-refractivity contribution in [3.63, 3.8) is 0 Å². The van der Waals surface area contributed by atoms with Gasteiger partial charge in [-0.15, -0.1) is 0 Å². The van der Waals surface area contributed by atoms with Gasteiger partial charge >= 0.3 is 0 Å². The van der Waals surface area contributed by atoms with Crippen molar-refractivity contribution in [2.45, 2.75) is 39.5 Å². The van der Waals surface area contributed by atoms with E-state index in [2.05, 4.69) is 5.32 Å². The van der Waals surface area contributed by atoms with E-state index in [1.54, 1.807) is 0 Å².